The molecular weight excluding hydrogens is 310 g/mol. The molecule has 2 amide bonds. The third kappa shape index (κ3) is 3.76. The first-order valence-electron chi connectivity index (χ1n) is 6.35. The van der Waals surface area contributed by atoms with Crippen LogP contribution in [0.4, 0.5) is 0 Å². The standard InChI is InChI=1S/C13H16BrN3O2/c14-12-10(5-4-6-15-12)13(19)16-9-11(18)17-7-2-1-3-8-17/h4-6H,1-3,7-9H2,(H,16,19). The number of pyridine rings is 1. The summed E-state index contributed by atoms with van der Waals surface area (Å²) in [5.41, 5.74) is 0.439. The van der Waals surface area contributed by atoms with Crippen molar-refractivity contribution in [3.63, 3.8) is 0 Å². The van der Waals surface area contributed by atoms with E-state index in [1.165, 1.54) is 6.42 Å². The van der Waals surface area contributed by atoms with Gasteiger partial charge in [-0.1, -0.05) is 0 Å². The van der Waals surface area contributed by atoms with Crippen molar-refractivity contribution in [1.82, 2.24) is 15.2 Å². The van der Waals surface area contributed by atoms with Gasteiger partial charge in [-0.15, -0.1) is 0 Å². The zero-order valence-electron chi connectivity index (χ0n) is 10.6. The molecule has 2 heterocycles. The fourth-order valence-electron chi connectivity index (χ4n) is 2.06. The van der Waals surface area contributed by atoms with Crippen LogP contribution in [0.3, 0.4) is 0 Å². The van der Waals surface area contributed by atoms with Crippen LogP contribution in [0.25, 0.3) is 0 Å². The molecule has 1 aromatic rings. The average Bonchev–Trinajstić information content (AvgIpc) is 2.46. The minimum Gasteiger partial charge on any atom is -0.343 e. The number of nitrogens with zero attached hydrogens (tertiary/aromatic N) is 2. The quantitative estimate of drug-likeness (QED) is 0.858. The molecule has 0 atom stereocenters. The topological polar surface area (TPSA) is 62.3 Å². The molecule has 1 aromatic heterocycles. The van der Waals surface area contributed by atoms with Crippen molar-refractivity contribution < 1.29 is 9.59 Å². The lowest BCUT2D eigenvalue weighted by Crippen LogP contribution is -2.42. The van der Waals surface area contributed by atoms with Crippen LogP contribution in [-0.4, -0.2) is 41.3 Å². The van der Waals surface area contributed by atoms with Crippen LogP contribution in [0.2, 0.25) is 0 Å². The van der Waals surface area contributed by atoms with Crippen LogP contribution >= 0.6 is 15.9 Å². The lowest BCUT2D eigenvalue weighted by molar-refractivity contribution is -0.130. The average molecular weight is 326 g/mol. The molecule has 1 aliphatic heterocycles. The number of likely N-dealkylation sites (tertiary alicyclic amines) is 1. The predicted octanol–water partition coefficient (Wildman–Crippen LogP) is 1.59. The SMILES string of the molecule is O=C(NCC(=O)N1CCCCC1)c1cccnc1Br. The molecule has 1 fully saturated rings. The van der Waals surface area contributed by atoms with Crippen molar-refractivity contribution in [3.8, 4) is 0 Å². The Balaban J connectivity index is 1.86. The summed E-state index contributed by atoms with van der Waals surface area (Å²) in [7, 11) is 0. The summed E-state index contributed by atoms with van der Waals surface area (Å²) in [6.07, 6.45) is 4.88. The van der Waals surface area contributed by atoms with Gasteiger partial charge in [0.25, 0.3) is 5.91 Å². The van der Waals surface area contributed by atoms with Gasteiger partial charge in [0.15, 0.2) is 0 Å². The van der Waals surface area contributed by atoms with E-state index in [0.29, 0.717) is 10.2 Å². The van der Waals surface area contributed by atoms with E-state index in [2.05, 4.69) is 26.2 Å². The first kappa shape index (κ1) is 14.0. The molecule has 0 bridgehead atoms. The van der Waals surface area contributed by atoms with E-state index >= 15 is 0 Å². The number of carbonyl (C=O) groups is 2. The van der Waals surface area contributed by atoms with E-state index in [0.717, 1.165) is 25.9 Å². The van der Waals surface area contributed by atoms with Crippen LogP contribution in [0.5, 0.6) is 0 Å². The summed E-state index contributed by atoms with van der Waals surface area (Å²) in [4.78, 5) is 29.6. The Kier molecular flexibility index (Phi) is 4.90. The molecule has 0 spiro atoms. The summed E-state index contributed by atoms with van der Waals surface area (Å²) >= 11 is 3.21. The minimum atomic E-state index is -0.287. The summed E-state index contributed by atoms with van der Waals surface area (Å²) < 4.78 is 0.484. The Bertz CT molecular complexity index is 473. The fourth-order valence-corrected chi connectivity index (χ4v) is 2.49. The number of aromatic nitrogens is 1. The largest absolute Gasteiger partial charge is 0.343 e. The molecule has 19 heavy (non-hydrogen) atoms. The van der Waals surface area contributed by atoms with Gasteiger partial charge in [0.2, 0.25) is 5.91 Å². The van der Waals surface area contributed by atoms with E-state index in [9.17, 15) is 9.59 Å². The zero-order chi connectivity index (χ0) is 13.7. The maximum absolute atomic E-state index is 11.9. The normalized spacial score (nSPS) is 15.1. The van der Waals surface area contributed by atoms with Crippen LogP contribution in [-0.2, 0) is 4.79 Å². The van der Waals surface area contributed by atoms with E-state index in [-0.39, 0.29) is 18.4 Å². The Morgan fingerprint density at radius 1 is 1.32 bits per heavy atom. The number of rotatable bonds is 3. The molecular formula is C13H16BrN3O2. The molecule has 5 nitrogen and oxygen atoms in total. The van der Waals surface area contributed by atoms with Crippen LogP contribution in [0.1, 0.15) is 29.6 Å². The maximum atomic E-state index is 11.9. The molecule has 0 aliphatic carbocycles. The number of halogens is 1. The minimum absolute atomic E-state index is 0.0203. The molecule has 0 radical (unpaired) electrons. The molecule has 102 valence electrons. The molecule has 0 aromatic carbocycles. The Hall–Kier alpha value is -1.43. The predicted molar refractivity (Wildman–Crippen MR) is 74.7 cm³/mol. The van der Waals surface area contributed by atoms with Gasteiger partial charge in [0.1, 0.15) is 4.60 Å². The summed E-state index contributed by atoms with van der Waals surface area (Å²) in [5, 5.41) is 2.64. The number of carbonyl (C=O) groups excluding carboxylic acids is 2. The fraction of sp³-hybridized carbons (Fsp3) is 0.462. The van der Waals surface area contributed by atoms with Crippen molar-refractivity contribution in [2.24, 2.45) is 0 Å². The molecule has 2 rings (SSSR count). The highest BCUT2D eigenvalue weighted by atomic mass is 79.9. The highest BCUT2D eigenvalue weighted by Gasteiger charge is 2.18. The summed E-state index contributed by atoms with van der Waals surface area (Å²) in [6, 6.07) is 3.35. The van der Waals surface area contributed by atoms with E-state index in [1.807, 2.05) is 4.90 Å². The first-order valence-corrected chi connectivity index (χ1v) is 7.14. The van der Waals surface area contributed by atoms with Crippen molar-refractivity contribution in [3.05, 3.63) is 28.5 Å². The number of amides is 2. The Morgan fingerprint density at radius 2 is 2.05 bits per heavy atom. The smallest absolute Gasteiger partial charge is 0.254 e. The monoisotopic (exact) mass is 325 g/mol. The molecule has 1 N–H and O–H groups in total. The van der Waals surface area contributed by atoms with Gasteiger partial charge in [-0.2, -0.15) is 0 Å². The van der Waals surface area contributed by atoms with E-state index in [1.54, 1.807) is 18.3 Å². The lowest BCUT2D eigenvalue weighted by Gasteiger charge is -2.26. The second kappa shape index (κ2) is 6.65. The van der Waals surface area contributed by atoms with Gasteiger partial charge in [0, 0.05) is 19.3 Å². The van der Waals surface area contributed by atoms with E-state index in [4.69, 9.17) is 0 Å². The molecule has 6 heteroatoms. The van der Waals surface area contributed by atoms with E-state index < -0.39 is 0 Å². The van der Waals surface area contributed by atoms with Gasteiger partial charge < -0.3 is 10.2 Å². The van der Waals surface area contributed by atoms with Crippen LogP contribution in [0.15, 0.2) is 22.9 Å². The van der Waals surface area contributed by atoms with Crippen LogP contribution in [0, 0.1) is 0 Å². The second-order valence-electron chi connectivity index (χ2n) is 4.47. The number of nitrogens with one attached hydrogen (secondary N) is 1. The highest BCUT2D eigenvalue weighted by Crippen LogP contribution is 2.12. The lowest BCUT2D eigenvalue weighted by atomic mass is 10.1. The van der Waals surface area contributed by atoms with Gasteiger partial charge in [-0.25, -0.2) is 4.98 Å². The van der Waals surface area contributed by atoms with Crippen molar-refractivity contribution in [2.75, 3.05) is 19.6 Å². The van der Waals surface area contributed by atoms with Gasteiger partial charge >= 0.3 is 0 Å². The summed E-state index contributed by atoms with van der Waals surface area (Å²) in [6.45, 7) is 1.64. The van der Waals surface area contributed by atoms with Crippen LogP contribution < -0.4 is 5.32 Å². The van der Waals surface area contributed by atoms with Crippen molar-refractivity contribution in [2.45, 2.75) is 19.3 Å². The Morgan fingerprint density at radius 3 is 2.74 bits per heavy atom. The number of piperidine rings is 1. The van der Waals surface area contributed by atoms with Gasteiger partial charge in [-0.05, 0) is 47.3 Å². The number of hydrogen-bond donors (Lipinski definition) is 1. The first-order chi connectivity index (χ1) is 9.18. The van der Waals surface area contributed by atoms with Crippen molar-refractivity contribution >= 4 is 27.7 Å². The highest BCUT2D eigenvalue weighted by molar-refractivity contribution is 9.10. The third-order valence-electron chi connectivity index (χ3n) is 3.11. The molecule has 0 saturated carbocycles. The zero-order valence-corrected chi connectivity index (χ0v) is 12.1. The molecule has 0 unspecified atom stereocenters. The maximum Gasteiger partial charge on any atom is 0.254 e. The van der Waals surface area contributed by atoms with Gasteiger partial charge in [0.05, 0.1) is 12.1 Å². The number of hydrogen-bond acceptors (Lipinski definition) is 3. The van der Waals surface area contributed by atoms with Gasteiger partial charge in [-0.3, -0.25) is 9.59 Å². The van der Waals surface area contributed by atoms with Crippen molar-refractivity contribution in [1.29, 1.82) is 0 Å². The molecule has 1 aliphatic rings. The third-order valence-corrected chi connectivity index (χ3v) is 3.74. The Labute approximate surface area is 120 Å². The second-order valence-corrected chi connectivity index (χ2v) is 5.22. The molecule has 1 saturated heterocycles. The summed E-state index contributed by atoms with van der Waals surface area (Å²) in [5.74, 6) is -0.307.